The molecule has 0 aromatic heterocycles. The van der Waals surface area contributed by atoms with Crippen molar-refractivity contribution in [3.63, 3.8) is 0 Å². The Labute approximate surface area is 132 Å². The Kier molecular flexibility index (Phi) is 4.99. The lowest BCUT2D eigenvalue weighted by Gasteiger charge is -2.42. The molecule has 21 heavy (non-hydrogen) atoms. The van der Waals surface area contributed by atoms with Crippen molar-refractivity contribution in [3.05, 3.63) is 34.6 Å². The first-order valence-corrected chi connectivity index (χ1v) is 8.30. The van der Waals surface area contributed by atoms with Gasteiger partial charge in [-0.2, -0.15) is 0 Å². The lowest BCUT2D eigenvalue weighted by molar-refractivity contribution is -0.0281. The zero-order valence-corrected chi connectivity index (χ0v) is 14.0. The SMILES string of the molecule is CCC(C)(C)C1CCC(O)(Cc2ccc(Cl)cc2F)CC1. The van der Waals surface area contributed by atoms with E-state index in [1.807, 2.05) is 0 Å². The Hall–Kier alpha value is -0.600. The lowest BCUT2D eigenvalue weighted by atomic mass is 9.65. The van der Waals surface area contributed by atoms with Crippen molar-refractivity contribution >= 4 is 11.6 Å². The lowest BCUT2D eigenvalue weighted by Crippen LogP contribution is -2.39. The van der Waals surface area contributed by atoms with Gasteiger partial charge in [0.25, 0.3) is 0 Å². The quantitative estimate of drug-likeness (QED) is 0.791. The minimum atomic E-state index is -0.769. The summed E-state index contributed by atoms with van der Waals surface area (Å²) in [6.07, 6.45) is 5.09. The molecule has 118 valence electrons. The first kappa shape index (κ1) is 16.8. The van der Waals surface area contributed by atoms with Crippen LogP contribution in [0.15, 0.2) is 18.2 Å². The van der Waals surface area contributed by atoms with E-state index >= 15 is 0 Å². The van der Waals surface area contributed by atoms with Gasteiger partial charge in [-0.3, -0.25) is 0 Å². The summed E-state index contributed by atoms with van der Waals surface area (Å²) in [7, 11) is 0. The molecule has 1 fully saturated rings. The molecule has 3 heteroatoms. The van der Waals surface area contributed by atoms with Gasteiger partial charge in [0.1, 0.15) is 5.82 Å². The summed E-state index contributed by atoms with van der Waals surface area (Å²) in [5.41, 5.74) is 0.122. The molecule has 1 nitrogen and oxygen atoms in total. The van der Waals surface area contributed by atoms with Crippen molar-refractivity contribution in [2.75, 3.05) is 0 Å². The van der Waals surface area contributed by atoms with Crippen LogP contribution in [0.1, 0.15) is 58.4 Å². The molecule has 1 aliphatic carbocycles. The fourth-order valence-electron chi connectivity index (χ4n) is 3.42. The van der Waals surface area contributed by atoms with Gasteiger partial charge in [0.05, 0.1) is 5.60 Å². The van der Waals surface area contributed by atoms with Crippen LogP contribution < -0.4 is 0 Å². The van der Waals surface area contributed by atoms with E-state index in [0.717, 1.165) is 32.1 Å². The normalized spacial score (nSPS) is 26.9. The molecule has 0 spiro atoms. The van der Waals surface area contributed by atoms with E-state index < -0.39 is 5.60 Å². The maximum Gasteiger partial charge on any atom is 0.127 e. The van der Waals surface area contributed by atoms with Crippen LogP contribution in [-0.2, 0) is 6.42 Å². The van der Waals surface area contributed by atoms with Gasteiger partial charge in [0.2, 0.25) is 0 Å². The van der Waals surface area contributed by atoms with E-state index in [9.17, 15) is 9.50 Å². The van der Waals surface area contributed by atoms with Crippen LogP contribution >= 0.6 is 11.6 Å². The van der Waals surface area contributed by atoms with Crippen molar-refractivity contribution < 1.29 is 9.50 Å². The molecule has 1 saturated carbocycles. The number of halogens is 2. The minimum absolute atomic E-state index is 0.313. The molecule has 1 aromatic rings. The molecule has 0 radical (unpaired) electrons. The Bertz CT molecular complexity index is 490. The highest BCUT2D eigenvalue weighted by molar-refractivity contribution is 6.30. The first-order chi connectivity index (χ1) is 9.76. The second-order valence-electron chi connectivity index (χ2n) is 7.25. The Morgan fingerprint density at radius 2 is 1.95 bits per heavy atom. The van der Waals surface area contributed by atoms with Crippen LogP contribution in [0, 0.1) is 17.2 Å². The van der Waals surface area contributed by atoms with E-state index in [1.54, 1.807) is 12.1 Å². The van der Waals surface area contributed by atoms with Crippen molar-refractivity contribution in [1.29, 1.82) is 0 Å². The van der Waals surface area contributed by atoms with Gasteiger partial charge in [-0.25, -0.2) is 4.39 Å². The van der Waals surface area contributed by atoms with Crippen molar-refractivity contribution in [2.45, 2.75) is 64.9 Å². The molecule has 1 aromatic carbocycles. The van der Waals surface area contributed by atoms with Crippen LogP contribution in [0.5, 0.6) is 0 Å². The monoisotopic (exact) mass is 312 g/mol. The molecule has 0 bridgehead atoms. The molecule has 0 atom stereocenters. The smallest absolute Gasteiger partial charge is 0.127 e. The van der Waals surface area contributed by atoms with Gasteiger partial charge in [-0.05, 0) is 54.7 Å². The van der Waals surface area contributed by atoms with Gasteiger partial charge in [0.15, 0.2) is 0 Å². The maximum atomic E-state index is 13.9. The Morgan fingerprint density at radius 3 is 2.48 bits per heavy atom. The molecule has 1 N–H and O–H groups in total. The average molecular weight is 313 g/mol. The standard InChI is InChI=1S/C18H26ClFO/c1-4-17(2,3)14-7-9-18(21,10-8-14)12-13-5-6-15(19)11-16(13)20/h5-6,11,14,21H,4,7-10,12H2,1-3H3. The third-order valence-corrected chi connectivity index (χ3v) is 5.70. The van der Waals surface area contributed by atoms with E-state index in [0.29, 0.717) is 28.3 Å². The number of benzene rings is 1. The van der Waals surface area contributed by atoms with Gasteiger partial charge in [-0.1, -0.05) is 44.9 Å². The molecule has 0 amide bonds. The fraction of sp³-hybridized carbons (Fsp3) is 0.667. The van der Waals surface area contributed by atoms with Crippen LogP contribution in [-0.4, -0.2) is 10.7 Å². The number of aliphatic hydroxyl groups is 1. The molecule has 0 unspecified atom stereocenters. The van der Waals surface area contributed by atoms with Gasteiger partial charge < -0.3 is 5.11 Å². The molecular formula is C18H26ClFO. The summed E-state index contributed by atoms with van der Waals surface area (Å²) in [6.45, 7) is 6.84. The molecular weight excluding hydrogens is 287 g/mol. The van der Waals surface area contributed by atoms with Gasteiger partial charge >= 0.3 is 0 Å². The van der Waals surface area contributed by atoms with E-state index in [2.05, 4.69) is 20.8 Å². The second kappa shape index (κ2) is 6.26. The van der Waals surface area contributed by atoms with Crippen LogP contribution in [0.2, 0.25) is 5.02 Å². The average Bonchev–Trinajstić information content (AvgIpc) is 2.42. The van der Waals surface area contributed by atoms with Crippen LogP contribution in [0.4, 0.5) is 4.39 Å². The summed E-state index contributed by atoms with van der Waals surface area (Å²) >= 11 is 5.78. The number of hydrogen-bond acceptors (Lipinski definition) is 1. The summed E-state index contributed by atoms with van der Waals surface area (Å²) in [4.78, 5) is 0. The number of rotatable bonds is 4. The summed E-state index contributed by atoms with van der Waals surface area (Å²) in [5, 5.41) is 11.2. The summed E-state index contributed by atoms with van der Waals surface area (Å²) in [6, 6.07) is 4.71. The Balaban J connectivity index is 2.02. The molecule has 0 aliphatic heterocycles. The summed E-state index contributed by atoms with van der Waals surface area (Å²) < 4.78 is 13.9. The van der Waals surface area contributed by atoms with E-state index in [-0.39, 0.29) is 5.82 Å². The highest BCUT2D eigenvalue weighted by Gasteiger charge is 2.38. The zero-order valence-electron chi connectivity index (χ0n) is 13.3. The zero-order chi connectivity index (χ0) is 15.7. The van der Waals surface area contributed by atoms with Crippen LogP contribution in [0.3, 0.4) is 0 Å². The van der Waals surface area contributed by atoms with Crippen molar-refractivity contribution in [1.82, 2.24) is 0 Å². The Morgan fingerprint density at radius 1 is 1.33 bits per heavy atom. The van der Waals surface area contributed by atoms with Crippen molar-refractivity contribution in [3.8, 4) is 0 Å². The molecule has 1 aliphatic rings. The third kappa shape index (κ3) is 3.98. The van der Waals surface area contributed by atoms with Gasteiger partial charge in [0, 0.05) is 11.4 Å². The molecule has 0 saturated heterocycles. The topological polar surface area (TPSA) is 20.2 Å². The van der Waals surface area contributed by atoms with Crippen LogP contribution in [0.25, 0.3) is 0 Å². The molecule has 2 rings (SSSR count). The highest BCUT2D eigenvalue weighted by Crippen LogP contribution is 2.44. The number of hydrogen-bond donors (Lipinski definition) is 1. The minimum Gasteiger partial charge on any atom is -0.390 e. The highest BCUT2D eigenvalue weighted by atomic mass is 35.5. The third-order valence-electron chi connectivity index (χ3n) is 5.47. The predicted molar refractivity (Wildman–Crippen MR) is 86.1 cm³/mol. The summed E-state index contributed by atoms with van der Waals surface area (Å²) in [5.74, 6) is 0.338. The first-order valence-electron chi connectivity index (χ1n) is 7.92. The predicted octanol–water partition coefficient (Wildman–Crippen LogP) is 5.38. The van der Waals surface area contributed by atoms with E-state index in [4.69, 9.17) is 11.6 Å². The van der Waals surface area contributed by atoms with Gasteiger partial charge in [-0.15, -0.1) is 0 Å². The maximum absolute atomic E-state index is 13.9. The van der Waals surface area contributed by atoms with E-state index in [1.165, 1.54) is 6.07 Å². The largest absolute Gasteiger partial charge is 0.390 e. The van der Waals surface area contributed by atoms with Crippen molar-refractivity contribution in [2.24, 2.45) is 11.3 Å². The fourth-order valence-corrected chi connectivity index (χ4v) is 3.58. The molecule has 0 heterocycles. The second-order valence-corrected chi connectivity index (χ2v) is 7.69.